The molecule has 1 amide bonds. The number of carboxylic acids is 1. The topological polar surface area (TPSA) is 101 Å². The molecule has 0 aromatic carbocycles. The molecular weight excluding hydrogens is 186 g/mol. The van der Waals surface area contributed by atoms with Crippen LogP contribution in [0.5, 0.6) is 0 Å². The molecule has 0 aromatic heterocycles. The number of rotatable bonds is 4. The summed E-state index contributed by atoms with van der Waals surface area (Å²) in [5.74, 6) is -1.81. The van der Waals surface area contributed by atoms with E-state index in [0.29, 0.717) is 0 Å². The molecule has 2 N–H and O–H groups in total. The summed E-state index contributed by atoms with van der Waals surface area (Å²) in [5.41, 5.74) is 0. The van der Waals surface area contributed by atoms with Gasteiger partial charge < -0.3 is 10.4 Å². The van der Waals surface area contributed by atoms with Crippen molar-refractivity contribution in [1.82, 2.24) is 5.32 Å². The fourth-order valence-corrected chi connectivity index (χ4v) is 0.678. The molecule has 0 rings (SSSR count). The van der Waals surface area contributed by atoms with Gasteiger partial charge in [0.05, 0.1) is 6.42 Å². The van der Waals surface area contributed by atoms with Gasteiger partial charge in [-0.1, -0.05) is 0 Å². The number of amides is 1. The zero-order chi connectivity index (χ0) is 9.56. The molecule has 0 aromatic rings. The van der Waals surface area contributed by atoms with Gasteiger partial charge in [0.1, 0.15) is 6.54 Å². The highest BCUT2D eigenvalue weighted by Crippen LogP contribution is 1.72. The number of hydrogen-bond acceptors (Lipinski definition) is 4. The van der Waals surface area contributed by atoms with Gasteiger partial charge in [0, 0.05) is 5.37 Å². The minimum Gasteiger partial charge on any atom is -0.480 e. The minimum atomic E-state index is -2.38. The molecule has 0 bridgehead atoms. The van der Waals surface area contributed by atoms with Crippen molar-refractivity contribution < 1.29 is 23.1 Å². The molecule has 6 nitrogen and oxygen atoms in total. The smallest absolute Gasteiger partial charge is 0.322 e. The maximum absolute atomic E-state index is 10.6. The summed E-state index contributed by atoms with van der Waals surface area (Å²) >= 11 is 0. The average molecular weight is 193 g/mol. The largest absolute Gasteiger partial charge is 0.480 e. The fourth-order valence-electron chi connectivity index (χ4n) is 0.390. The first-order valence-electron chi connectivity index (χ1n) is 2.92. The highest BCUT2D eigenvalue weighted by atomic mass is 32.2. The first-order valence-corrected chi connectivity index (χ1v) is 4.06. The lowest BCUT2D eigenvalue weighted by Gasteiger charge is -1.96. The van der Waals surface area contributed by atoms with Crippen LogP contribution >= 0.6 is 0 Å². The molecule has 0 unspecified atom stereocenters. The molecule has 0 saturated carbocycles. The molecule has 0 fully saturated rings. The Balaban J connectivity index is 3.76. The van der Waals surface area contributed by atoms with Crippen LogP contribution in [0.15, 0.2) is 0 Å². The third-order valence-corrected chi connectivity index (χ3v) is 1.28. The lowest BCUT2D eigenvalue weighted by Crippen LogP contribution is -2.29. The fraction of sp³-hybridized carbons (Fsp3) is 0.400. The molecule has 0 aliphatic carbocycles. The van der Waals surface area contributed by atoms with Crippen LogP contribution in [0, 0.1) is 0 Å². The lowest BCUT2D eigenvalue weighted by molar-refractivity contribution is -0.137. The second-order valence-corrected chi connectivity index (χ2v) is 2.66. The van der Waals surface area contributed by atoms with E-state index < -0.39 is 28.7 Å². The zero-order valence-electron chi connectivity index (χ0n) is 5.98. The van der Waals surface area contributed by atoms with E-state index in [4.69, 9.17) is 5.11 Å². The zero-order valence-corrected chi connectivity index (χ0v) is 6.80. The molecule has 68 valence electrons. The van der Waals surface area contributed by atoms with Crippen molar-refractivity contribution in [3.63, 3.8) is 0 Å². The summed E-state index contributed by atoms with van der Waals surface area (Å²) in [4.78, 5) is 20.5. The first kappa shape index (κ1) is 10.6. The monoisotopic (exact) mass is 193 g/mol. The van der Waals surface area contributed by atoms with Gasteiger partial charge in [-0.2, -0.15) is 8.42 Å². The van der Waals surface area contributed by atoms with Crippen molar-refractivity contribution >= 4 is 27.5 Å². The van der Waals surface area contributed by atoms with Crippen molar-refractivity contribution in [1.29, 1.82) is 0 Å². The molecule has 12 heavy (non-hydrogen) atoms. The second kappa shape index (κ2) is 5.30. The highest BCUT2D eigenvalue weighted by Gasteiger charge is 2.00. The van der Waals surface area contributed by atoms with Crippen LogP contribution in [0.1, 0.15) is 6.42 Å². The molecule has 0 aliphatic heterocycles. The third-order valence-electron chi connectivity index (χ3n) is 0.842. The van der Waals surface area contributed by atoms with E-state index in [-0.39, 0.29) is 6.42 Å². The summed E-state index contributed by atoms with van der Waals surface area (Å²) in [6.45, 7) is -0.502. The van der Waals surface area contributed by atoms with Crippen molar-refractivity contribution in [2.24, 2.45) is 0 Å². The number of hydrogen-bond donors (Lipinski definition) is 2. The SMILES string of the molecule is O=C(O)CNC(=O)CC=S(=O)=O. The van der Waals surface area contributed by atoms with Gasteiger partial charge in [-0.15, -0.1) is 0 Å². The molecule has 0 aliphatic rings. The van der Waals surface area contributed by atoms with Gasteiger partial charge in [-0.25, -0.2) is 0 Å². The molecule has 0 saturated heterocycles. The van der Waals surface area contributed by atoms with Crippen LogP contribution in [-0.2, 0) is 19.9 Å². The molecule has 7 heteroatoms. The number of aliphatic carboxylic acids is 1. The predicted molar refractivity (Wildman–Crippen MR) is 40.2 cm³/mol. The highest BCUT2D eigenvalue weighted by molar-refractivity contribution is 7.71. The predicted octanol–water partition coefficient (Wildman–Crippen LogP) is -1.74. The summed E-state index contributed by atoms with van der Waals surface area (Å²) < 4.78 is 19.8. The standard InChI is InChI=1S/C5H7NO5S/c7-4(1-2-12(10)11)6-3-5(8)9/h2H,1,3H2,(H,6,7)(H,8,9). The molecule has 0 atom stereocenters. The van der Waals surface area contributed by atoms with E-state index in [1.54, 1.807) is 0 Å². The van der Waals surface area contributed by atoms with Crippen LogP contribution in [0.4, 0.5) is 0 Å². The summed E-state index contributed by atoms with van der Waals surface area (Å²) in [5, 5.41) is 10.8. The Bertz CT molecular complexity index is 296. The molecule has 0 radical (unpaired) electrons. The Hall–Kier alpha value is -1.37. The van der Waals surface area contributed by atoms with Gasteiger partial charge in [-0.05, 0) is 0 Å². The maximum Gasteiger partial charge on any atom is 0.322 e. The molecular formula is C5H7NO5S. The number of carbonyl (C=O) groups is 2. The lowest BCUT2D eigenvalue weighted by atomic mass is 10.4. The van der Waals surface area contributed by atoms with Crippen LogP contribution in [0.25, 0.3) is 0 Å². The van der Waals surface area contributed by atoms with E-state index in [0.717, 1.165) is 5.37 Å². The van der Waals surface area contributed by atoms with Gasteiger partial charge in [0.2, 0.25) is 16.2 Å². The second-order valence-electron chi connectivity index (χ2n) is 1.80. The molecule has 0 heterocycles. The van der Waals surface area contributed by atoms with Crippen molar-refractivity contribution in [2.45, 2.75) is 6.42 Å². The van der Waals surface area contributed by atoms with Crippen LogP contribution in [0.3, 0.4) is 0 Å². The molecule has 0 spiro atoms. The summed E-state index contributed by atoms with van der Waals surface area (Å²) in [6, 6.07) is 0. The van der Waals surface area contributed by atoms with Crippen molar-refractivity contribution in [2.75, 3.05) is 6.54 Å². The number of nitrogens with one attached hydrogen (secondary N) is 1. The van der Waals surface area contributed by atoms with E-state index >= 15 is 0 Å². The Labute approximate surface area is 69.7 Å². The number of carbonyl (C=O) groups excluding carboxylic acids is 1. The number of carboxylic acid groups (broad SMARTS) is 1. The van der Waals surface area contributed by atoms with Crippen molar-refractivity contribution in [3.05, 3.63) is 0 Å². The minimum absolute atomic E-state index is 0.330. The van der Waals surface area contributed by atoms with E-state index in [9.17, 15) is 18.0 Å². The van der Waals surface area contributed by atoms with Crippen molar-refractivity contribution in [3.8, 4) is 0 Å². The Morgan fingerprint density at radius 1 is 1.42 bits per heavy atom. The summed E-state index contributed by atoms with van der Waals surface area (Å²) in [6.07, 6.45) is -0.330. The quantitative estimate of drug-likeness (QED) is 0.516. The van der Waals surface area contributed by atoms with E-state index in [2.05, 4.69) is 0 Å². The first-order chi connectivity index (χ1) is 5.52. The Kier molecular flexibility index (Phi) is 4.70. The third kappa shape index (κ3) is 6.75. The van der Waals surface area contributed by atoms with Crippen LogP contribution in [-0.4, -0.2) is 37.3 Å². The average Bonchev–Trinajstić information content (AvgIpc) is 1.96. The van der Waals surface area contributed by atoms with Gasteiger partial charge in [-0.3, -0.25) is 9.59 Å². The Morgan fingerprint density at radius 3 is 2.42 bits per heavy atom. The van der Waals surface area contributed by atoms with E-state index in [1.165, 1.54) is 0 Å². The van der Waals surface area contributed by atoms with Crippen LogP contribution in [0.2, 0.25) is 0 Å². The van der Waals surface area contributed by atoms with Gasteiger partial charge in [0.15, 0.2) is 0 Å². The van der Waals surface area contributed by atoms with Gasteiger partial charge >= 0.3 is 5.97 Å². The van der Waals surface area contributed by atoms with Crippen LogP contribution < -0.4 is 5.32 Å². The summed E-state index contributed by atoms with van der Waals surface area (Å²) in [7, 11) is -2.38. The Morgan fingerprint density at radius 2 is 2.00 bits per heavy atom. The maximum atomic E-state index is 10.6. The van der Waals surface area contributed by atoms with E-state index in [1.807, 2.05) is 5.32 Å². The normalized spacial score (nSPS) is 8.67. The van der Waals surface area contributed by atoms with Gasteiger partial charge in [0.25, 0.3) is 0 Å².